The summed E-state index contributed by atoms with van der Waals surface area (Å²) in [4.78, 5) is 16.8. The van der Waals surface area contributed by atoms with Crippen LogP contribution in [0.15, 0.2) is 0 Å². The van der Waals surface area contributed by atoms with Crippen molar-refractivity contribution in [2.24, 2.45) is 0 Å². The van der Waals surface area contributed by atoms with E-state index in [0.717, 1.165) is 29.2 Å². The van der Waals surface area contributed by atoms with Gasteiger partial charge in [0, 0.05) is 10.8 Å². The molecular formula is C12H14N4O2S. The van der Waals surface area contributed by atoms with Crippen molar-refractivity contribution in [1.29, 1.82) is 0 Å². The van der Waals surface area contributed by atoms with Gasteiger partial charge >= 0.3 is 5.97 Å². The van der Waals surface area contributed by atoms with E-state index in [2.05, 4.69) is 15.3 Å². The summed E-state index contributed by atoms with van der Waals surface area (Å²) < 4.78 is 1.69. The third kappa shape index (κ3) is 2.25. The zero-order valence-corrected chi connectivity index (χ0v) is 11.6. The maximum absolute atomic E-state index is 11.1. The monoisotopic (exact) mass is 278 g/mol. The molecule has 0 aliphatic heterocycles. The van der Waals surface area contributed by atoms with Gasteiger partial charge in [0.15, 0.2) is 5.69 Å². The Labute approximate surface area is 114 Å². The molecule has 1 aliphatic carbocycles. The molecule has 0 saturated heterocycles. The summed E-state index contributed by atoms with van der Waals surface area (Å²) in [5.41, 5.74) is 1.86. The number of nitrogens with zero attached hydrogens (tertiary/aromatic N) is 4. The third-order valence-electron chi connectivity index (χ3n) is 3.30. The van der Waals surface area contributed by atoms with Gasteiger partial charge in [-0.1, -0.05) is 5.21 Å². The highest BCUT2D eigenvalue weighted by molar-refractivity contribution is 7.11. The molecule has 19 heavy (non-hydrogen) atoms. The van der Waals surface area contributed by atoms with E-state index in [4.69, 9.17) is 5.11 Å². The smallest absolute Gasteiger partial charge is 0.358 e. The number of aromatic carboxylic acids is 1. The van der Waals surface area contributed by atoms with Gasteiger partial charge in [-0.3, -0.25) is 0 Å². The first-order valence-corrected chi connectivity index (χ1v) is 6.97. The minimum atomic E-state index is -1.00. The molecule has 2 heterocycles. The number of aryl methyl sites for hydroxylation is 2. The molecule has 0 spiro atoms. The van der Waals surface area contributed by atoms with Crippen LogP contribution in [-0.4, -0.2) is 31.1 Å². The summed E-state index contributed by atoms with van der Waals surface area (Å²) in [6.45, 7) is 4.51. The van der Waals surface area contributed by atoms with Crippen molar-refractivity contribution in [1.82, 2.24) is 20.0 Å². The molecule has 1 aliphatic rings. The van der Waals surface area contributed by atoms with Gasteiger partial charge < -0.3 is 5.11 Å². The van der Waals surface area contributed by atoms with Crippen LogP contribution in [0.1, 0.15) is 50.5 Å². The normalized spacial score (nSPS) is 14.8. The molecule has 2 aromatic rings. The Morgan fingerprint density at radius 3 is 2.74 bits per heavy atom. The summed E-state index contributed by atoms with van der Waals surface area (Å²) in [5, 5.41) is 17.9. The minimum Gasteiger partial charge on any atom is -0.476 e. The highest BCUT2D eigenvalue weighted by Crippen LogP contribution is 2.41. The van der Waals surface area contributed by atoms with Crippen LogP contribution in [-0.2, 0) is 6.54 Å². The fourth-order valence-electron chi connectivity index (χ4n) is 2.09. The van der Waals surface area contributed by atoms with Gasteiger partial charge in [0.25, 0.3) is 0 Å². The molecule has 0 amide bonds. The summed E-state index contributed by atoms with van der Waals surface area (Å²) in [6.07, 6.45) is 2.03. The molecule has 0 radical (unpaired) electrons. The van der Waals surface area contributed by atoms with E-state index in [1.165, 1.54) is 4.88 Å². The van der Waals surface area contributed by atoms with E-state index in [9.17, 15) is 4.79 Å². The molecule has 0 unspecified atom stereocenters. The van der Waals surface area contributed by atoms with E-state index in [1.54, 1.807) is 16.0 Å². The number of hydrogen-bond donors (Lipinski definition) is 1. The van der Waals surface area contributed by atoms with Gasteiger partial charge in [0.2, 0.25) is 0 Å². The Morgan fingerprint density at radius 1 is 1.47 bits per heavy atom. The van der Waals surface area contributed by atoms with Crippen LogP contribution in [0.2, 0.25) is 0 Å². The first kappa shape index (κ1) is 12.3. The second kappa shape index (κ2) is 4.41. The van der Waals surface area contributed by atoms with E-state index >= 15 is 0 Å². The summed E-state index contributed by atoms with van der Waals surface area (Å²) in [5.74, 6) is -0.706. The zero-order valence-electron chi connectivity index (χ0n) is 10.8. The second-order valence-electron chi connectivity index (χ2n) is 4.81. The molecule has 1 saturated carbocycles. The Kier molecular flexibility index (Phi) is 2.85. The van der Waals surface area contributed by atoms with Gasteiger partial charge in [-0.25, -0.2) is 14.5 Å². The summed E-state index contributed by atoms with van der Waals surface area (Å²) in [7, 11) is 0. The first-order valence-electron chi connectivity index (χ1n) is 6.16. The average Bonchev–Trinajstić information content (AvgIpc) is 3.02. The van der Waals surface area contributed by atoms with Crippen molar-refractivity contribution < 1.29 is 9.90 Å². The Bertz CT molecular complexity index is 623. The van der Waals surface area contributed by atoms with Crippen LogP contribution >= 0.6 is 11.3 Å². The van der Waals surface area contributed by atoms with E-state index in [0.29, 0.717) is 12.5 Å². The summed E-state index contributed by atoms with van der Waals surface area (Å²) >= 11 is 1.62. The van der Waals surface area contributed by atoms with Crippen LogP contribution < -0.4 is 0 Å². The molecule has 6 nitrogen and oxygen atoms in total. The second-order valence-corrected chi connectivity index (χ2v) is 6.10. The lowest BCUT2D eigenvalue weighted by Gasteiger charge is -2.03. The van der Waals surface area contributed by atoms with Crippen LogP contribution in [0.5, 0.6) is 0 Å². The first-order chi connectivity index (χ1) is 9.06. The highest BCUT2D eigenvalue weighted by Gasteiger charge is 2.33. The SMILES string of the molecule is Cc1nc(Cn2nnc(C(=O)O)c2C2CC2)sc1C. The maximum Gasteiger partial charge on any atom is 0.358 e. The Morgan fingerprint density at radius 2 is 2.21 bits per heavy atom. The predicted molar refractivity (Wildman–Crippen MR) is 69.6 cm³/mol. The molecule has 3 rings (SSSR count). The van der Waals surface area contributed by atoms with Crippen LogP contribution in [0, 0.1) is 13.8 Å². The fraction of sp³-hybridized carbons (Fsp3) is 0.500. The van der Waals surface area contributed by atoms with Gasteiger partial charge in [0.05, 0.1) is 17.9 Å². The van der Waals surface area contributed by atoms with Crippen molar-refractivity contribution in [3.8, 4) is 0 Å². The lowest BCUT2D eigenvalue weighted by Crippen LogP contribution is -2.08. The lowest BCUT2D eigenvalue weighted by atomic mass is 10.2. The number of aromatic nitrogens is 4. The third-order valence-corrected chi connectivity index (χ3v) is 4.36. The number of hydrogen-bond acceptors (Lipinski definition) is 5. The number of carbonyl (C=O) groups is 1. The molecular weight excluding hydrogens is 264 g/mol. The topological polar surface area (TPSA) is 80.9 Å². The maximum atomic E-state index is 11.1. The van der Waals surface area contributed by atoms with E-state index < -0.39 is 5.97 Å². The number of rotatable bonds is 4. The molecule has 0 bridgehead atoms. The predicted octanol–water partition coefficient (Wildman–Crippen LogP) is 1.98. The van der Waals surface area contributed by atoms with Crippen molar-refractivity contribution in [3.05, 3.63) is 27.0 Å². The minimum absolute atomic E-state index is 0.0903. The molecule has 0 atom stereocenters. The molecule has 7 heteroatoms. The fourth-order valence-corrected chi connectivity index (χ4v) is 3.00. The van der Waals surface area contributed by atoms with Crippen molar-refractivity contribution in [2.75, 3.05) is 0 Å². The van der Waals surface area contributed by atoms with Crippen molar-refractivity contribution >= 4 is 17.3 Å². The van der Waals surface area contributed by atoms with Crippen molar-refractivity contribution in [3.63, 3.8) is 0 Å². The molecule has 1 fully saturated rings. The quantitative estimate of drug-likeness (QED) is 0.924. The number of carboxylic acids is 1. The number of thiazole rings is 1. The van der Waals surface area contributed by atoms with Crippen LogP contribution in [0.25, 0.3) is 0 Å². The Hall–Kier alpha value is -1.76. The van der Waals surface area contributed by atoms with Crippen molar-refractivity contribution in [2.45, 2.75) is 39.2 Å². The molecule has 2 aromatic heterocycles. The van der Waals surface area contributed by atoms with Gasteiger partial charge in [-0.05, 0) is 26.7 Å². The number of carboxylic acid groups (broad SMARTS) is 1. The van der Waals surface area contributed by atoms with Crippen LogP contribution in [0.3, 0.4) is 0 Å². The van der Waals surface area contributed by atoms with Crippen LogP contribution in [0.4, 0.5) is 0 Å². The zero-order chi connectivity index (χ0) is 13.6. The van der Waals surface area contributed by atoms with Gasteiger partial charge in [-0.15, -0.1) is 16.4 Å². The van der Waals surface area contributed by atoms with Gasteiger partial charge in [0.1, 0.15) is 5.01 Å². The summed E-state index contributed by atoms with van der Waals surface area (Å²) in [6, 6.07) is 0. The standard InChI is InChI=1S/C12H14N4O2S/c1-6-7(2)19-9(13-6)5-16-11(8-3-4-8)10(12(17)18)14-15-16/h8H,3-5H2,1-2H3,(H,17,18). The van der Waals surface area contributed by atoms with E-state index in [1.807, 2.05) is 13.8 Å². The van der Waals surface area contributed by atoms with Gasteiger partial charge in [-0.2, -0.15) is 0 Å². The van der Waals surface area contributed by atoms with E-state index in [-0.39, 0.29) is 5.69 Å². The lowest BCUT2D eigenvalue weighted by molar-refractivity contribution is 0.0689. The molecule has 1 N–H and O–H groups in total. The molecule has 0 aromatic carbocycles. The highest BCUT2D eigenvalue weighted by atomic mass is 32.1. The average molecular weight is 278 g/mol. The molecule has 100 valence electrons. The largest absolute Gasteiger partial charge is 0.476 e. The Balaban J connectivity index is 1.94.